The fourth-order valence-corrected chi connectivity index (χ4v) is 0.555. The number of hydrogen-bond acceptors (Lipinski definition) is 2. The van der Waals surface area contributed by atoms with Crippen molar-refractivity contribution in [3.8, 4) is 0 Å². The summed E-state index contributed by atoms with van der Waals surface area (Å²) in [4.78, 5) is 4.66. The van der Waals surface area contributed by atoms with Crippen molar-refractivity contribution in [2.45, 2.75) is 13.8 Å². The third-order valence-corrected chi connectivity index (χ3v) is 1.19. The second kappa shape index (κ2) is 2.51. The molecular weight excluding hydrogens is 114 g/mol. The molecule has 0 unspecified atom stereocenters. The molecule has 2 heteroatoms. The Hall–Kier alpha value is -1.01. The van der Waals surface area contributed by atoms with Crippen LogP contribution in [0.5, 0.6) is 0 Å². The zero-order chi connectivity index (χ0) is 6.69. The summed E-state index contributed by atoms with van der Waals surface area (Å²) in [5.74, 6) is 3.12. The maximum atomic E-state index is 4.66. The standard InChI is InChI=1S/C7H9NO/c1-6(2)7-3-4-8-9-5-7/h3,5-6H,1-2H3. The Kier molecular flexibility index (Phi) is 1.71. The predicted octanol–water partition coefficient (Wildman–Crippen LogP) is 1.70. The first-order valence-corrected chi connectivity index (χ1v) is 2.95. The Morgan fingerprint density at radius 2 is 2.44 bits per heavy atom. The van der Waals surface area contributed by atoms with Gasteiger partial charge in [0.2, 0.25) is 0 Å². The van der Waals surface area contributed by atoms with E-state index in [9.17, 15) is 0 Å². The molecule has 0 aromatic carbocycles. The van der Waals surface area contributed by atoms with Gasteiger partial charge in [-0.25, -0.2) is 0 Å². The Morgan fingerprint density at radius 3 is 2.78 bits per heavy atom. The molecule has 0 atom stereocenters. The van der Waals surface area contributed by atoms with Gasteiger partial charge < -0.3 is 4.84 Å². The minimum Gasteiger partial charge on any atom is -0.356 e. The largest absolute Gasteiger partial charge is 0.356 e. The van der Waals surface area contributed by atoms with Gasteiger partial charge in [-0.05, 0) is 11.1 Å². The first-order valence-electron chi connectivity index (χ1n) is 2.95. The molecule has 0 radical (unpaired) electrons. The van der Waals surface area contributed by atoms with Crippen molar-refractivity contribution < 1.29 is 4.84 Å². The van der Waals surface area contributed by atoms with Crippen LogP contribution in [0.1, 0.15) is 13.8 Å². The van der Waals surface area contributed by atoms with Crippen molar-refractivity contribution in [2.75, 3.05) is 0 Å². The van der Waals surface area contributed by atoms with Crippen molar-refractivity contribution in [3.05, 3.63) is 17.9 Å². The average molecular weight is 123 g/mol. The molecule has 0 saturated carbocycles. The molecule has 1 aliphatic heterocycles. The summed E-state index contributed by atoms with van der Waals surface area (Å²) in [5, 5.41) is 3.43. The van der Waals surface area contributed by atoms with Crippen LogP contribution in [0.4, 0.5) is 0 Å². The van der Waals surface area contributed by atoms with Crippen molar-refractivity contribution in [1.29, 1.82) is 0 Å². The topological polar surface area (TPSA) is 21.6 Å². The van der Waals surface area contributed by atoms with Crippen LogP contribution < -0.4 is 0 Å². The lowest BCUT2D eigenvalue weighted by atomic mass is 10.1. The molecule has 0 N–H and O–H groups in total. The van der Waals surface area contributed by atoms with Gasteiger partial charge in [0, 0.05) is 17.5 Å². The molecular formula is C7H9NO. The van der Waals surface area contributed by atoms with Gasteiger partial charge in [0.05, 0.1) is 0 Å². The second-order valence-electron chi connectivity index (χ2n) is 2.24. The predicted molar refractivity (Wildman–Crippen MR) is 36.0 cm³/mol. The van der Waals surface area contributed by atoms with Crippen LogP contribution in [0.25, 0.3) is 0 Å². The van der Waals surface area contributed by atoms with Crippen LogP contribution in [-0.4, -0.2) is 5.87 Å². The van der Waals surface area contributed by atoms with E-state index in [0.717, 1.165) is 5.57 Å². The zero-order valence-electron chi connectivity index (χ0n) is 5.59. The van der Waals surface area contributed by atoms with Gasteiger partial charge in [-0.1, -0.05) is 13.8 Å². The van der Waals surface area contributed by atoms with Crippen LogP contribution in [0.3, 0.4) is 0 Å². The summed E-state index contributed by atoms with van der Waals surface area (Å²) in [6.45, 7) is 4.19. The number of nitrogens with zero attached hydrogens (tertiary/aromatic N) is 1. The minimum atomic E-state index is 0.494. The fourth-order valence-electron chi connectivity index (χ4n) is 0.555. The van der Waals surface area contributed by atoms with Gasteiger partial charge in [0.25, 0.3) is 0 Å². The van der Waals surface area contributed by atoms with Gasteiger partial charge in [0.1, 0.15) is 6.26 Å². The van der Waals surface area contributed by atoms with Crippen molar-refractivity contribution in [3.63, 3.8) is 0 Å². The molecule has 0 fully saturated rings. The maximum absolute atomic E-state index is 4.66. The van der Waals surface area contributed by atoms with Crippen molar-refractivity contribution in [2.24, 2.45) is 11.1 Å². The fraction of sp³-hybridized carbons (Fsp3) is 0.429. The van der Waals surface area contributed by atoms with Gasteiger partial charge >= 0.3 is 0 Å². The van der Waals surface area contributed by atoms with E-state index in [2.05, 4.69) is 29.7 Å². The van der Waals surface area contributed by atoms with Crippen LogP contribution in [0, 0.1) is 5.92 Å². The van der Waals surface area contributed by atoms with Gasteiger partial charge in [-0.2, -0.15) is 0 Å². The summed E-state index contributed by atoms with van der Waals surface area (Å²) < 4.78 is 0. The lowest BCUT2D eigenvalue weighted by Gasteiger charge is -2.04. The zero-order valence-corrected chi connectivity index (χ0v) is 5.59. The third-order valence-electron chi connectivity index (χ3n) is 1.19. The second-order valence-corrected chi connectivity index (χ2v) is 2.24. The van der Waals surface area contributed by atoms with E-state index >= 15 is 0 Å². The quantitative estimate of drug-likeness (QED) is 0.520. The Balaban J connectivity index is 2.72. The van der Waals surface area contributed by atoms with Gasteiger partial charge in [0.15, 0.2) is 0 Å². The minimum absolute atomic E-state index is 0.494. The van der Waals surface area contributed by atoms with Crippen LogP contribution >= 0.6 is 0 Å². The molecule has 0 aromatic rings. The lowest BCUT2D eigenvalue weighted by Crippen LogP contribution is -1.93. The van der Waals surface area contributed by atoms with Crippen LogP contribution in [-0.2, 0) is 4.84 Å². The number of rotatable bonds is 1. The summed E-state index contributed by atoms with van der Waals surface area (Å²) in [6, 6.07) is 0. The summed E-state index contributed by atoms with van der Waals surface area (Å²) >= 11 is 0. The lowest BCUT2D eigenvalue weighted by molar-refractivity contribution is 0.264. The SMILES string of the molecule is CC(C)C1=CON=C=C1. The number of allylic oxidation sites excluding steroid dienone is 2. The van der Waals surface area contributed by atoms with E-state index in [1.807, 2.05) is 6.08 Å². The summed E-state index contributed by atoms with van der Waals surface area (Å²) in [7, 11) is 0. The van der Waals surface area contributed by atoms with Crippen molar-refractivity contribution in [1.82, 2.24) is 0 Å². The molecule has 2 nitrogen and oxygen atoms in total. The summed E-state index contributed by atoms with van der Waals surface area (Å²) in [5.41, 5.74) is 1.13. The van der Waals surface area contributed by atoms with E-state index < -0.39 is 0 Å². The molecule has 0 saturated heterocycles. The molecule has 0 amide bonds. The van der Waals surface area contributed by atoms with E-state index in [4.69, 9.17) is 0 Å². The molecule has 0 spiro atoms. The monoisotopic (exact) mass is 123 g/mol. The van der Waals surface area contributed by atoms with Crippen LogP contribution in [0.15, 0.2) is 23.1 Å². The molecule has 1 aliphatic rings. The molecule has 1 heterocycles. The van der Waals surface area contributed by atoms with Crippen LogP contribution in [0.2, 0.25) is 0 Å². The summed E-state index contributed by atoms with van der Waals surface area (Å²) in [6.07, 6.45) is 3.47. The average Bonchev–Trinajstić information content (AvgIpc) is 1.90. The first kappa shape index (κ1) is 6.12. The van der Waals surface area contributed by atoms with E-state index in [1.165, 1.54) is 0 Å². The highest BCUT2D eigenvalue weighted by Gasteiger charge is 2.00. The van der Waals surface area contributed by atoms with E-state index in [0.29, 0.717) is 5.92 Å². The number of hydrogen-bond donors (Lipinski definition) is 0. The third kappa shape index (κ3) is 1.44. The van der Waals surface area contributed by atoms with Gasteiger partial charge in [-0.3, -0.25) is 0 Å². The van der Waals surface area contributed by atoms with E-state index in [-0.39, 0.29) is 0 Å². The Labute approximate surface area is 54.5 Å². The highest BCUT2D eigenvalue weighted by molar-refractivity contribution is 5.57. The highest BCUT2D eigenvalue weighted by Crippen LogP contribution is 2.11. The first-order chi connectivity index (χ1) is 4.30. The smallest absolute Gasteiger partial charge is 0.127 e. The molecule has 0 aromatic heterocycles. The Morgan fingerprint density at radius 1 is 1.67 bits per heavy atom. The Bertz CT molecular complexity index is 185. The highest BCUT2D eigenvalue weighted by atomic mass is 16.6. The van der Waals surface area contributed by atoms with E-state index in [1.54, 1.807) is 6.26 Å². The molecule has 48 valence electrons. The molecule has 0 aliphatic carbocycles. The normalized spacial score (nSPS) is 15.7. The maximum Gasteiger partial charge on any atom is 0.127 e. The molecule has 9 heavy (non-hydrogen) atoms. The van der Waals surface area contributed by atoms with Crippen molar-refractivity contribution >= 4 is 5.87 Å². The molecule has 0 bridgehead atoms. The molecule has 1 rings (SSSR count). The van der Waals surface area contributed by atoms with Gasteiger partial charge in [-0.15, -0.1) is 0 Å².